The van der Waals surface area contributed by atoms with Crippen molar-refractivity contribution in [3.05, 3.63) is 62.6 Å². The SMILES string of the molecule is CCOc1ccc(Br)cc1C(N)c1ccc(C)cc1Cl. The van der Waals surface area contributed by atoms with Gasteiger partial charge in [0.15, 0.2) is 0 Å². The monoisotopic (exact) mass is 353 g/mol. The number of rotatable bonds is 4. The quantitative estimate of drug-likeness (QED) is 0.851. The second-order valence-corrected chi connectivity index (χ2v) is 5.94. The van der Waals surface area contributed by atoms with Gasteiger partial charge in [0, 0.05) is 15.1 Å². The van der Waals surface area contributed by atoms with Crippen LogP contribution in [0.5, 0.6) is 5.75 Å². The summed E-state index contributed by atoms with van der Waals surface area (Å²) >= 11 is 9.79. The molecule has 0 aliphatic heterocycles. The van der Waals surface area contributed by atoms with Crippen LogP contribution in [0.1, 0.15) is 29.7 Å². The van der Waals surface area contributed by atoms with Crippen molar-refractivity contribution in [1.29, 1.82) is 0 Å². The fourth-order valence-electron chi connectivity index (χ4n) is 2.10. The van der Waals surface area contributed by atoms with Crippen molar-refractivity contribution < 1.29 is 4.74 Å². The predicted octanol–water partition coefficient (Wildman–Crippen LogP) is 4.86. The van der Waals surface area contributed by atoms with Crippen molar-refractivity contribution in [2.75, 3.05) is 6.61 Å². The molecule has 0 heterocycles. The molecule has 0 fully saturated rings. The molecule has 0 saturated carbocycles. The van der Waals surface area contributed by atoms with Crippen molar-refractivity contribution in [3.63, 3.8) is 0 Å². The molecule has 2 N–H and O–H groups in total. The van der Waals surface area contributed by atoms with Gasteiger partial charge < -0.3 is 10.5 Å². The molecule has 2 aromatic rings. The van der Waals surface area contributed by atoms with Crippen LogP contribution in [0.25, 0.3) is 0 Å². The highest BCUT2D eigenvalue weighted by atomic mass is 79.9. The Morgan fingerprint density at radius 2 is 1.95 bits per heavy atom. The first kappa shape index (κ1) is 15.4. The zero-order chi connectivity index (χ0) is 14.7. The van der Waals surface area contributed by atoms with Gasteiger partial charge in [-0.25, -0.2) is 0 Å². The fourth-order valence-corrected chi connectivity index (χ4v) is 2.83. The van der Waals surface area contributed by atoms with Crippen LogP contribution in [0.15, 0.2) is 40.9 Å². The Morgan fingerprint density at radius 1 is 1.20 bits per heavy atom. The molecule has 20 heavy (non-hydrogen) atoms. The van der Waals surface area contributed by atoms with E-state index in [9.17, 15) is 0 Å². The van der Waals surface area contributed by atoms with Crippen molar-refractivity contribution in [2.24, 2.45) is 5.73 Å². The summed E-state index contributed by atoms with van der Waals surface area (Å²) in [6.45, 7) is 4.56. The summed E-state index contributed by atoms with van der Waals surface area (Å²) in [5.41, 5.74) is 9.32. The lowest BCUT2D eigenvalue weighted by Crippen LogP contribution is -2.14. The summed E-state index contributed by atoms with van der Waals surface area (Å²) in [5, 5.41) is 0.680. The molecule has 106 valence electrons. The van der Waals surface area contributed by atoms with Gasteiger partial charge in [-0.1, -0.05) is 39.7 Å². The van der Waals surface area contributed by atoms with Gasteiger partial charge in [0.25, 0.3) is 0 Å². The van der Waals surface area contributed by atoms with E-state index in [1.54, 1.807) is 0 Å². The summed E-state index contributed by atoms with van der Waals surface area (Å²) in [6, 6.07) is 11.4. The molecule has 0 aliphatic carbocycles. The average molecular weight is 355 g/mol. The lowest BCUT2D eigenvalue weighted by Gasteiger charge is -2.18. The maximum Gasteiger partial charge on any atom is 0.124 e. The van der Waals surface area contributed by atoms with Crippen LogP contribution in [0.4, 0.5) is 0 Å². The van der Waals surface area contributed by atoms with Crippen LogP contribution in [-0.4, -0.2) is 6.61 Å². The van der Waals surface area contributed by atoms with E-state index in [4.69, 9.17) is 22.1 Å². The van der Waals surface area contributed by atoms with Crippen molar-refractivity contribution in [3.8, 4) is 5.75 Å². The topological polar surface area (TPSA) is 35.2 Å². The first-order chi connectivity index (χ1) is 9.52. The van der Waals surface area contributed by atoms with Gasteiger partial charge in [0.2, 0.25) is 0 Å². The van der Waals surface area contributed by atoms with E-state index in [0.29, 0.717) is 11.6 Å². The molecule has 0 aliphatic rings. The minimum absolute atomic E-state index is 0.317. The van der Waals surface area contributed by atoms with Gasteiger partial charge in [-0.05, 0) is 49.2 Å². The summed E-state index contributed by atoms with van der Waals surface area (Å²) in [4.78, 5) is 0. The Balaban J connectivity index is 2.46. The minimum Gasteiger partial charge on any atom is -0.494 e. The first-order valence-electron chi connectivity index (χ1n) is 6.46. The maximum atomic E-state index is 6.38. The Kier molecular flexibility index (Phi) is 5.08. The molecule has 0 aromatic heterocycles. The first-order valence-corrected chi connectivity index (χ1v) is 7.64. The molecule has 2 rings (SSSR count). The number of nitrogens with two attached hydrogens (primary N) is 1. The van der Waals surface area contributed by atoms with Gasteiger partial charge in [-0.15, -0.1) is 0 Å². The molecule has 2 nitrogen and oxygen atoms in total. The summed E-state index contributed by atoms with van der Waals surface area (Å²) in [6.07, 6.45) is 0. The molecule has 1 atom stereocenters. The number of aryl methyl sites for hydroxylation is 1. The van der Waals surface area contributed by atoms with Gasteiger partial charge in [0.05, 0.1) is 12.6 Å². The lowest BCUT2D eigenvalue weighted by atomic mass is 9.98. The number of hydrogen-bond acceptors (Lipinski definition) is 2. The smallest absolute Gasteiger partial charge is 0.124 e. The van der Waals surface area contributed by atoms with Crippen LogP contribution < -0.4 is 10.5 Å². The largest absolute Gasteiger partial charge is 0.494 e. The van der Waals surface area contributed by atoms with E-state index in [1.165, 1.54) is 0 Å². The van der Waals surface area contributed by atoms with Gasteiger partial charge in [-0.3, -0.25) is 0 Å². The van der Waals surface area contributed by atoms with Crippen molar-refractivity contribution >= 4 is 27.5 Å². The highest BCUT2D eigenvalue weighted by Gasteiger charge is 2.17. The molecule has 0 spiro atoms. The molecule has 1 unspecified atom stereocenters. The van der Waals surface area contributed by atoms with Gasteiger partial charge in [0.1, 0.15) is 5.75 Å². The minimum atomic E-state index is -0.317. The molecule has 0 saturated heterocycles. The third-order valence-electron chi connectivity index (χ3n) is 3.10. The van der Waals surface area contributed by atoms with Crippen LogP contribution in [-0.2, 0) is 0 Å². The third kappa shape index (κ3) is 3.35. The molecular formula is C16H17BrClNO. The van der Waals surface area contributed by atoms with E-state index >= 15 is 0 Å². The van der Waals surface area contributed by atoms with E-state index in [-0.39, 0.29) is 6.04 Å². The molecule has 0 bridgehead atoms. The number of benzene rings is 2. The lowest BCUT2D eigenvalue weighted by molar-refractivity contribution is 0.335. The zero-order valence-electron chi connectivity index (χ0n) is 11.5. The normalized spacial score (nSPS) is 12.2. The van der Waals surface area contributed by atoms with Crippen LogP contribution >= 0.6 is 27.5 Å². The number of hydrogen-bond donors (Lipinski definition) is 1. The molecule has 2 aromatic carbocycles. The van der Waals surface area contributed by atoms with Gasteiger partial charge in [-0.2, -0.15) is 0 Å². The maximum absolute atomic E-state index is 6.38. The molecule has 4 heteroatoms. The Bertz CT molecular complexity index is 615. The number of halogens is 2. The third-order valence-corrected chi connectivity index (χ3v) is 3.92. The molecule has 0 radical (unpaired) electrons. The van der Waals surface area contributed by atoms with Crippen LogP contribution in [0.3, 0.4) is 0 Å². The van der Waals surface area contributed by atoms with E-state index in [2.05, 4.69) is 15.9 Å². The highest BCUT2D eigenvalue weighted by molar-refractivity contribution is 9.10. The molecule has 0 amide bonds. The zero-order valence-corrected chi connectivity index (χ0v) is 13.8. The second-order valence-electron chi connectivity index (χ2n) is 4.62. The Hall–Kier alpha value is -1.03. The molecular weight excluding hydrogens is 338 g/mol. The van der Waals surface area contributed by atoms with Crippen molar-refractivity contribution in [1.82, 2.24) is 0 Å². The van der Waals surface area contributed by atoms with Crippen LogP contribution in [0, 0.1) is 6.92 Å². The number of ether oxygens (including phenoxy) is 1. The highest BCUT2D eigenvalue weighted by Crippen LogP contribution is 2.34. The predicted molar refractivity (Wildman–Crippen MR) is 87.5 cm³/mol. The van der Waals surface area contributed by atoms with E-state index in [0.717, 1.165) is 26.9 Å². The Morgan fingerprint density at radius 3 is 2.60 bits per heavy atom. The standard InChI is InChI=1S/C16H17BrClNO/c1-3-20-15-7-5-11(17)9-13(15)16(19)12-6-4-10(2)8-14(12)18/h4-9,16H,3,19H2,1-2H3. The van der Waals surface area contributed by atoms with Crippen LogP contribution in [0.2, 0.25) is 5.02 Å². The summed E-state index contributed by atoms with van der Waals surface area (Å²) in [5.74, 6) is 0.792. The summed E-state index contributed by atoms with van der Waals surface area (Å²) in [7, 11) is 0. The van der Waals surface area contributed by atoms with E-state index < -0.39 is 0 Å². The van der Waals surface area contributed by atoms with E-state index in [1.807, 2.05) is 50.2 Å². The second kappa shape index (κ2) is 6.61. The average Bonchev–Trinajstić information content (AvgIpc) is 2.40. The fraction of sp³-hybridized carbons (Fsp3) is 0.250. The van der Waals surface area contributed by atoms with Gasteiger partial charge >= 0.3 is 0 Å². The van der Waals surface area contributed by atoms with Crippen molar-refractivity contribution in [2.45, 2.75) is 19.9 Å². The summed E-state index contributed by atoms with van der Waals surface area (Å²) < 4.78 is 6.62. The Labute approximate surface area is 133 Å².